The molecule has 10 heteroatoms. The quantitative estimate of drug-likeness (QED) is 0.627. The summed E-state index contributed by atoms with van der Waals surface area (Å²) in [5.41, 5.74) is 8.52. The van der Waals surface area contributed by atoms with E-state index >= 15 is 0 Å². The van der Waals surface area contributed by atoms with Gasteiger partial charge in [0.1, 0.15) is 11.5 Å². The van der Waals surface area contributed by atoms with E-state index in [1.165, 1.54) is 12.8 Å². The molecule has 2 aromatic heterocycles. The minimum Gasteiger partial charge on any atom is -0.368 e. The van der Waals surface area contributed by atoms with Crippen LogP contribution in [-0.2, 0) is 4.79 Å². The van der Waals surface area contributed by atoms with Crippen LogP contribution in [0.25, 0.3) is 0 Å². The fourth-order valence-corrected chi connectivity index (χ4v) is 5.11. The lowest BCUT2D eigenvalue weighted by atomic mass is 9.98. The van der Waals surface area contributed by atoms with E-state index in [-0.39, 0.29) is 5.92 Å². The van der Waals surface area contributed by atoms with Crippen LogP contribution in [0.15, 0.2) is 23.3 Å². The summed E-state index contributed by atoms with van der Waals surface area (Å²) in [7, 11) is 0. The summed E-state index contributed by atoms with van der Waals surface area (Å²) in [4.78, 5) is 34.6. The number of rotatable bonds is 5. The number of primary amides is 1. The zero-order valence-electron chi connectivity index (χ0n) is 19.2. The first-order chi connectivity index (χ1) is 16.0. The Bertz CT molecular complexity index is 1050. The molecule has 5 heterocycles. The second-order valence-corrected chi connectivity index (χ2v) is 8.98. The van der Waals surface area contributed by atoms with Crippen LogP contribution in [0.1, 0.15) is 36.9 Å². The molecule has 0 aromatic carbocycles. The number of aliphatic imine (C=N–C) groups is 1. The number of anilines is 3. The molecule has 5 rings (SSSR count). The molecule has 0 spiro atoms. The summed E-state index contributed by atoms with van der Waals surface area (Å²) in [6.07, 6.45) is 4.40. The van der Waals surface area contributed by atoms with Crippen molar-refractivity contribution in [2.24, 2.45) is 10.7 Å². The monoisotopic (exact) mass is 449 g/mol. The molecule has 0 aliphatic carbocycles. The molecule has 0 saturated carbocycles. The number of carbonyl (C=O) groups is 1. The zero-order chi connectivity index (χ0) is 22.9. The molecule has 0 radical (unpaired) electrons. The minimum absolute atomic E-state index is 0.195. The molecule has 10 nitrogen and oxygen atoms in total. The Morgan fingerprint density at radius 3 is 2.58 bits per heavy atom. The van der Waals surface area contributed by atoms with Crippen LogP contribution in [0, 0.1) is 6.92 Å². The molecule has 2 fully saturated rings. The Kier molecular flexibility index (Phi) is 5.94. The van der Waals surface area contributed by atoms with Gasteiger partial charge in [-0.2, -0.15) is 4.98 Å². The van der Waals surface area contributed by atoms with Gasteiger partial charge in [0.2, 0.25) is 5.95 Å². The summed E-state index contributed by atoms with van der Waals surface area (Å²) < 4.78 is 0. The number of hydrogen-bond acceptors (Lipinski definition) is 9. The molecular weight excluding hydrogens is 418 g/mol. The van der Waals surface area contributed by atoms with Crippen LogP contribution in [0.3, 0.4) is 0 Å². The first kappa shape index (κ1) is 21.7. The summed E-state index contributed by atoms with van der Waals surface area (Å²) in [6.45, 7) is 10.3. The molecular formula is C23H31N9O. The molecule has 3 aliphatic rings. The van der Waals surface area contributed by atoms with Gasteiger partial charge >= 0.3 is 0 Å². The maximum Gasteiger partial charge on any atom is 0.263 e. The van der Waals surface area contributed by atoms with E-state index in [2.05, 4.69) is 46.4 Å². The van der Waals surface area contributed by atoms with Gasteiger partial charge in [0, 0.05) is 49.4 Å². The molecule has 2 aromatic rings. The van der Waals surface area contributed by atoms with Crippen molar-refractivity contribution in [3.8, 4) is 0 Å². The third-order valence-corrected chi connectivity index (χ3v) is 6.93. The normalized spacial score (nSPS) is 21.6. The van der Waals surface area contributed by atoms with Crippen LogP contribution in [0.5, 0.6) is 0 Å². The molecule has 4 N–H and O–H groups in total. The van der Waals surface area contributed by atoms with Crippen molar-refractivity contribution in [1.82, 2.24) is 25.2 Å². The highest BCUT2D eigenvalue weighted by Crippen LogP contribution is 2.36. The lowest BCUT2D eigenvalue weighted by Gasteiger charge is -2.41. The molecule has 3 aliphatic heterocycles. The third-order valence-electron chi connectivity index (χ3n) is 6.93. The second kappa shape index (κ2) is 9.03. The van der Waals surface area contributed by atoms with Crippen molar-refractivity contribution >= 4 is 34.9 Å². The molecule has 1 amide bonds. The van der Waals surface area contributed by atoms with Crippen molar-refractivity contribution < 1.29 is 4.79 Å². The third kappa shape index (κ3) is 4.40. The van der Waals surface area contributed by atoms with Crippen molar-refractivity contribution in [2.75, 3.05) is 49.5 Å². The van der Waals surface area contributed by atoms with E-state index in [0.29, 0.717) is 23.3 Å². The number of nitrogens with one attached hydrogen (secondary N) is 2. The highest BCUT2D eigenvalue weighted by molar-refractivity contribution is 6.41. The number of aromatic nitrogens is 3. The van der Waals surface area contributed by atoms with Crippen molar-refractivity contribution in [3.63, 3.8) is 0 Å². The lowest BCUT2D eigenvalue weighted by molar-refractivity contribution is -0.112. The minimum atomic E-state index is -0.525. The number of pyridine rings is 1. The molecule has 2 saturated heterocycles. The molecule has 174 valence electrons. The van der Waals surface area contributed by atoms with Crippen LogP contribution in [0.2, 0.25) is 0 Å². The Morgan fingerprint density at radius 1 is 1.15 bits per heavy atom. The van der Waals surface area contributed by atoms with E-state index in [1.807, 2.05) is 26.1 Å². The summed E-state index contributed by atoms with van der Waals surface area (Å²) >= 11 is 0. The van der Waals surface area contributed by atoms with E-state index < -0.39 is 5.91 Å². The van der Waals surface area contributed by atoms with Crippen LogP contribution < -0.4 is 21.3 Å². The van der Waals surface area contributed by atoms with E-state index in [4.69, 9.17) is 5.73 Å². The van der Waals surface area contributed by atoms with Crippen molar-refractivity contribution in [1.29, 1.82) is 0 Å². The number of carbonyl (C=O) groups excluding carboxylic acids is 1. The summed E-state index contributed by atoms with van der Waals surface area (Å²) in [6, 6.07) is 4.75. The molecule has 33 heavy (non-hydrogen) atoms. The zero-order valence-corrected chi connectivity index (χ0v) is 19.2. The number of nitrogens with zero attached hydrogens (tertiary/aromatic N) is 6. The summed E-state index contributed by atoms with van der Waals surface area (Å²) in [5, 5.41) is 6.61. The predicted molar refractivity (Wildman–Crippen MR) is 129 cm³/mol. The first-order valence-corrected chi connectivity index (χ1v) is 11.7. The fraction of sp³-hybridized carbons (Fsp3) is 0.522. The number of piperazine rings is 1. The number of piperidine rings is 1. The second-order valence-electron chi connectivity index (χ2n) is 8.98. The first-order valence-electron chi connectivity index (χ1n) is 11.7. The van der Waals surface area contributed by atoms with Gasteiger partial charge in [-0.3, -0.25) is 9.69 Å². The largest absolute Gasteiger partial charge is 0.368 e. The average Bonchev–Trinajstić information content (AvgIpc) is 3.17. The Morgan fingerprint density at radius 2 is 1.91 bits per heavy atom. The smallest absolute Gasteiger partial charge is 0.263 e. The average molecular weight is 450 g/mol. The van der Waals surface area contributed by atoms with Crippen molar-refractivity contribution in [2.45, 2.75) is 38.6 Å². The number of hydrogen-bond donors (Lipinski definition) is 3. The van der Waals surface area contributed by atoms with Crippen LogP contribution in [0.4, 0.5) is 23.3 Å². The number of aryl methyl sites for hydroxylation is 1. The maximum absolute atomic E-state index is 11.6. The van der Waals surface area contributed by atoms with E-state index in [1.54, 1.807) is 0 Å². The van der Waals surface area contributed by atoms with Gasteiger partial charge in [0.15, 0.2) is 5.82 Å². The number of amides is 1. The van der Waals surface area contributed by atoms with Gasteiger partial charge in [0.05, 0.1) is 11.9 Å². The molecule has 1 atom stereocenters. The topological polar surface area (TPSA) is 125 Å². The SMILES string of the molecule is Cc1nc(Nc2ccc(N3CCN(C4CCNCC4)CC3)cn2)nc2c1[C@@H](C)C(C(N)=O)=N2. The van der Waals surface area contributed by atoms with Gasteiger partial charge in [-0.15, -0.1) is 0 Å². The Labute approximate surface area is 193 Å². The molecule has 0 bridgehead atoms. The van der Waals surface area contributed by atoms with Gasteiger partial charge < -0.3 is 21.3 Å². The highest BCUT2D eigenvalue weighted by atomic mass is 16.1. The van der Waals surface area contributed by atoms with Gasteiger partial charge in [0.25, 0.3) is 5.91 Å². The van der Waals surface area contributed by atoms with Gasteiger partial charge in [-0.25, -0.2) is 15.0 Å². The number of fused-ring (bicyclic) bond motifs is 1. The molecule has 0 unspecified atom stereocenters. The van der Waals surface area contributed by atoms with E-state index in [9.17, 15) is 4.79 Å². The van der Waals surface area contributed by atoms with Gasteiger partial charge in [-0.05, 0) is 45.0 Å². The highest BCUT2D eigenvalue weighted by Gasteiger charge is 2.31. The van der Waals surface area contributed by atoms with Gasteiger partial charge in [-0.1, -0.05) is 6.92 Å². The Balaban J connectivity index is 1.23. The van der Waals surface area contributed by atoms with Crippen LogP contribution >= 0.6 is 0 Å². The predicted octanol–water partition coefficient (Wildman–Crippen LogP) is 1.47. The summed E-state index contributed by atoms with van der Waals surface area (Å²) in [5.74, 6) is 0.845. The van der Waals surface area contributed by atoms with Crippen LogP contribution in [-0.4, -0.2) is 76.8 Å². The Hall–Kier alpha value is -3.11. The standard InChI is InChI=1S/C23H31N9O/c1-14-19-15(2)27-23(30-22(19)29-20(14)21(24)33)28-18-4-3-17(13-26-18)32-11-9-31(10-12-32)16-5-7-25-8-6-16/h3-4,13-14,16,25H,5-12H2,1-2H3,(H2,24,33)(H,26,27,28,30)/t14-/m1/s1. The number of nitrogens with two attached hydrogens (primary N) is 1. The van der Waals surface area contributed by atoms with E-state index in [0.717, 1.165) is 62.3 Å². The maximum atomic E-state index is 11.6. The lowest BCUT2D eigenvalue weighted by Crippen LogP contribution is -2.52. The van der Waals surface area contributed by atoms with Crippen molar-refractivity contribution in [3.05, 3.63) is 29.6 Å². The fourth-order valence-electron chi connectivity index (χ4n) is 5.11.